The minimum absolute atomic E-state index is 0.155. The maximum absolute atomic E-state index is 13.8. The topological polar surface area (TPSA) is 48.8 Å². The number of aryl methyl sites for hydroxylation is 1. The Balaban J connectivity index is 1.85. The van der Waals surface area contributed by atoms with Crippen molar-refractivity contribution in [3.63, 3.8) is 0 Å². The molecule has 0 spiro atoms. The lowest BCUT2D eigenvalue weighted by molar-refractivity contribution is -0.119. The van der Waals surface area contributed by atoms with Gasteiger partial charge in [-0.1, -0.05) is 42.0 Å². The van der Waals surface area contributed by atoms with Crippen LogP contribution in [0, 0.1) is 6.92 Å². The number of benzene rings is 2. The molecule has 5 rings (SSSR count). The zero-order valence-electron chi connectivity index (χ0n) is 20.4. The van der Waals surface area contributed by atoms with Crippen LogP contribution in [0.4, 0.5) is 11.4 Å². The molecule has 0 unspecified atom stereocenters. The molecule has 0 bridgehead atoms. The van der Waals surface area contributed by atoms with Crippen LogP contribution in [0.25, 0.3) is 17.5 Å². The lowest BCUT2D eigenvalue weighted by Gasteiger charge is -2.29. The second-order valence-corrected chi connectivity index (χ2v) is 10.00. The van der Waals surface area contributed by atoms with Crippen molar-refractivity contribution in [1.29, 1.82) is 0 Å². The Morgan fingerprint density at radius 2 is 1.83 bits per heavy atom. The van der Waals surface area contributed by atoms with Crippen molar-refractivity contribution in [3.8, 4) is 0 Å². The highest BCUT2D eigenvalue weighted by molar-refractivity contribution is 7.80. The zero-order valence-corrected chi connectivity index (χ0v) is 22.0. The Morgan fingerprint density at radius 3 is 2.53 bits per heavy atom. The second kappa shape index (κ2) is 9.37. The van der Waals surface area contributed by atoms with Crippen LogP contribution in [0.2, 0.25) is 0 Å². The molecule has 0 radical (unpaired) electrons. The highest BCUT2D eigenvalue weighted by atomic mass is 32.1. The fraction of sp³-hybridized carbons (Fsp3) is 0.179. The van der Waals surface area contributed by atoms with Crippen molar-refractivity contribution in [3.05, 3.63) is 97.9 Å². The Bertz CT molecular complexity index is 1620. The maximum Gasteiger partial charge on any atom is 0.279 e. The average Bonchev–Trinajstić information content (AvgIpc) is 3.32. The van der Waals surface area contributed by atoms with E-state index in [4.69, 9.17) is 12.2 Å². The van der Waals surface area contributed by atoms with Crippen LogP contribution in [-0.2, 0) is 11.3 Å². The molecule has 36 heavy (non-hydrogen) atoms. The Kier molecular flexibility index (Phi) is 6.24. The molecule has 1 saturated heterocycles. The van der Waals surface area contributed by atoms with Gasteiger partial charge in [0, 0.05) is 31.5 Å². The van der Waals surface area contributed by atoms with Gasteiger partial charge in [-0.25, -0.2) is 0 Å². The largest absolute Gasteiger partial charge is 0.340 e. The monoisotopic (exact) mass is 514 g/mol. The molecule has 2 aliphatic rings. The highest BCUT2D eigenvalue weighted by Gasteiger charge is 2.38. The van der Waals surface area contributed by atoms with E-state index in [1.165, 1.54) is 21.8 Å². The van der Waals surface area contributed by atoms with Gasteiger partial charge >= 0.3 is 0 Å². The van der Waals surface area contributed by atoms with Crippen LogP contribution in [-0.4, -0.2) is 34.1 Å². The number of carbonyl (C=O) groups is 1. The standard InChI is InChI=1S/C28H26N4O2S2/c1-5-16-31-26(34)24(22-15-13-19-17-18(3)12-14-21(19)30(22)6-2)36-27(31)23-25(33)29(4)28(35)32(23)20-10-8-7-9-11-20/h5,7-15,17H,1,6,16H2,2-4H3. The minimum Gasteiger partial charge on any atom is -0.340 e. The van der Waals surface area contributed by atoms with E-state index in [1.54, 1.807) is 22.6 Å². The molecule has 0 N–H and O–H groups in total. The first-order valence-corrected chi connectivity index (χ1v) is 12.9. The maximum atomic E-state index is 13.8. The van der Waals surface area contributed by atoms with Crippen molar-refractivity contribution >= 4 is 63.4 Å². The van der Waals surface area contributed by atoms with Crippen LogP contribution in [0.15, 0.2) is 72.1 Å². The Labute approximate surface area is 219 Å². The van der Waals surface area contributed by atoms with Crippen LogP contribution >= 0.6 is 23.6 Å². The number of hydrogen-bond donors (Lipinski definition) is 0. The van der Waals surface area contributed by atoms with Crippen LogP contribution < -0.4 is 24.6 Å². The molecular formula is C28H26N4O2S2. The van der Waals surface area contributed by atoms with Crippen LogP contribution in [0.3, 0.4) is 0 Å². The smallest absolute Gasteiger partial charge is 0.279 e. The molecule has 1 amide bonds. The lowest BCUT2D eigenvalue weighted by Crippen LogP contribution is -2.37. The van der Waals surface area contributed by atoms with Gasteiger partial charge in [0.15, 0.2) is 5.11 Å². The molecule has 8 heteroatoms. The molecule has 1 aromatic heterocycles. The number of thiazole rings is 1. The molecule has 0 atom stereocenters. The summed E-state index contributed by atoms with van der Waals surface area (Å²) in [6.07, 6.45) is 5.72. The number of anilines is 2. The van der Waals surface area contributed by atoms with E-state index >= 15 is 0 Å². The summed E-state index contributed by atoms with van der Waals surface area (Å²) in [5.74, 6) is -0.244. The van der Waals surface area contributed by atoms with Gasteiger partial charge in [0.05, 0.1) is 5.70 Å². The number of likely N-dealkylation sites (N-methyl/N-ethyl adjacent to an activating group) is 2. The number of fused-ring (bicyclic) bond motifs is 1. The highest BCUT2D eigenvalue weighted by Crippen LogP contribution is 2.32. The number of carbonyl (C=O) groups excluding carboxylic acids is 1. The third kappa shape index (κ3) is 3.73. The lowest BCUT2D eigenvalue weighted by atomic mass is 10.0. The van der Waals surface area contributed by atoms with E-state index in [9.17, 15) is 9.59 Å². The molecule has 0 aliphatic carbocycles. The molecule has 1 fully saturated rings. The van der Waals surface area contributed by atoms with Crippen molar-refractivity contribution in [1.82, 2.24) is 9.47 Å². The van der Waals surface area contributed by atoms with Gasteiger partial charge in [0.2, 0.25) is 0 Å². The first-order chi connectivity index (χ1) is 17.4. The van der Waals surface area contributed by atoms with E-state index in [-0.39, 0.29) is 18.0 Å². The molecule has 6 nitrogen and oxygen atoms in total. The molecule has 2 aromatic carbocycles. The quantitative estimate of drug-likeness (QED) is 0.394. The summed E-state index contributed by atoms with van der Waals surface area (Å²) in [6, 6.07) is 15.8. The summed E-state index contributed by atoms with van der Waals surface area (Å²) >= 11 is 6.97. The molecule has 182 valence electrons. The van der Waals surface area contributed by atoms with Gasteiger partial charge in [-0.15, -0.1) is 17.9 Å². The van der Waals surface area contributed by atoms with Gasteiger partial charge < -0.3 is 4.90 Å². The number of para-hydroxylation sites is 1. The van der Waals surface area contributed by atoms with Gasteiger partial charge in [-0.2, -0.15) is 0 Å². The predicted octanol–water partition coefficient (Wildman–Crippen LogP) is 3.44. The van der Waals surface area contributed by atoms with Gasteiger partial charge in [0.1, 0.15) is 14.9 Å². The fourth-order valence-corrected chi connectivity index (χ4v) is 6.11. The number of rotatable bonds is 4. The molecule has 0 saturated carbocycles. The number of aromatic nitrogens is 1. The zero-order chi connectivity index (χ0) is 25.6. The SMILES string of the molecule is C=CCn1c(=C2C(=O)N(C)C(=S)N2c2ccccc2)sc(=C2C=Cc3cc(C)ccc3N2CC)c1=O. The normalized spacial score (nSPS) is 18.2. The van der Waals surface area contributed by atoms with Gasteiger partial charge in [0.25, 0.3) is 11.5 Å². The van der Waals surface area contributed by atoms with Crippen LogP contribution in [0.1, 0.15) is 18.1 Å². The number of amides is 1. The first-order valence-electron chi connectivity index (χ1n) is 11.7. The van der Waals surface area contributed by atoms with Crippen molar-refractivity contribution in [2.24, 2.45) is 0 Å². The Morgan fingerprint density at radius 1 is 1.08 bits per heavy atom. The van der Waals surface area contributed by atoms with Crippen molar-refractivity contribution in [2.75, 3.05) is 23.4 Å². The van der Waals surface area contributed by atoms with E-state index in [0.717, 1.165) is 22.6 Å². The number of allylic oxidation sites excluding steroid dienone is 1. The van der Waals surface area contributed by atoms with E-state index in [0.29, 0.717) is 26.5 Å². The number of thiocarbonyl (C=S) groups is 1. The van der Waals surface area contributed by atoms with Gasteiger partial charge in [-0.05, 0) is 62.0 Å². The van der Waals surface area contributed by atoms with E-state index in [1.807, 2.05) is 42.5 Å². The molecule has 3 aromatic rings. The second-order valence-electron chi connectivity index (χ2n) is 8.63. The van der Waals surface area contributed by atoms with E-state index in [2.05, 4.69) is 43.5 Å². The summed E-state index contributed by atoms with van der Waals surface area (Å²) in [5.41, 5.74) is 5.17. The fourth-order valence-electron chi connectivity index (χ4n) is 4.61. The Hall–Kier alpha value is -3.75. The van der Waals surface area contributed by atoms with E-state index < -0.39 is 0 Å². The summed E-state index contributed by atoms with van der Waals surface area (Å²) < 4.78 is 2.75. The molecular weight excluding hydrogens is 488 g/mol. The first kappa shape index (κ1) is 24.0. The summed E-state index contributed by atoms with van der Waals surface area (Å²) in [6.45, 7) is 8.96. The predicted molar refractivity (Wildman–Crippen MR) is 152 cm³/mol. The van der Waals surface area contributed by atoms with Crippen molar-refractivity contribution in [2.45, 2.75) is 20.4 Å². The summed E-state index contributed by atoms with van der Waals surface area (Å²) in [7, 11) is 1.66. The van der Waals surface area contributed by atoms with Crippen LogP contribution in [0.5, 0.6) is 0 Å². The minimum atomic E-state index is -0.244. The number of nitrogens with zero attached hydrogens (tertiary/aromatic N) is 4. The third-order valence-electron chi connectivity index (χ3n) is 6.36. The summed E-state index contributed by atoms with van der Waals surface area (Å²) in [5, 5.41) is 0.374. The van der Waals surface area contributed by atoms with Gasteiger partial charge in [-0.3, -0.25) is 24.0 Å². The summed E-state index contributed by atoms with van der Waals surface area (Å²) in [4.78, 5) is 32.6. The molecule has 3 heterocycles. The third-order valence-corrected chi connectivity index (χ3v) is 8.01. The number of hydrogen-bond acceptors (Lipinski definition) is 5. The molecule has 2 aliphatic heterocycles. The van der Waals surface area contributed by atoms with Crippen molar-refractivity contribution < 1.29 is 4.79 Å². The average molecular weight is 515 g/mol.